The lowest BCUT2D eigenvalue weighted by atomic mass is 10.0. The van der Waals surface area contributed by atoms with Crippen molar-refractivity contribution >= 4 is 39.1 Å². The fourth-order valence-corrected chi connectivity index (χ4v) is 3.14. The smallest absolute Gasteiger partial charge is 0.0904 e. The van der Waals surface area contributed by atoms with E-state index in [-0.39, 0.29) is 6.04 Å². The van der Waals surface area contributed by atoms with Crippen LogP contribution >= 0.6 is 39.1 Å². The zero-order valence-corrected chi connectivity index (χ0v) is 14.0. The third kappa shape index (κ3) is 3.18. The molecule has 0 fully saturated rings. The predicted octanol–water partition coefficient (Wildman–Crippen LogP) is 3.92. The van der Waals surface area contributed by atoms with Gasteiger partial charge in [0.25, 0.3) is 0 Å². The van der Waals surface area contributed by atoms with Gasteiger partial charge in [-0.05, 0) is 40.0 Å². The molecule has 108 valence electrons. The molecule has 4 nitrogen and oxygen atoms in total. The van der Waals surface area contributed by atoms with Crippen LogP contribution in [-0.4, -0.2) is 9.78 Å². The second-order valence-corrected chi connectivity index (χ2v) is 6.06. The zero-order valence-electron chi connectivity index (χ0n) is 10.9. The summed E-state index contributed by atoms with van der Waals surface area (Å²) in [6, 6.07) is 5.10. The largest absolute Gasteiger partial charge is 0.271 e. The molecule has 1 heterocycles. The molecule has 0 spiro atoms. The molecule has 2 rings (SSSR count). The Balaban J connectivity index is 2.49. The minimum absolute atomic E-state index is 0.261. The van der Waals surface area contributed by atoms with Gasteiger partial charge in [-0.25, -0.2) is 5.43 Å². The molecule has 7 heteroatoms. The van der Waals surface area contributed by atoms with Crippen molar-refractivity contribution in [3.8, 4) is 0 Å². The molecule has 20 heavy (non-hydrogen) atoms. The van der Waals surface area contributed by atoms with Crippen LogP contribution in [0.2, 0.25) is 10.0 Å². The van der Waals surface area contributed by atoms with Crippen molar-refractivity contribution in [2.45, 2.75) is 25.9 Å². The molecular formula is C13H15BrCl2N4. The summed E-state index contributed by atoms with van der Waals surface area (Å²) in [6.45, 7) is 2.91. The van der Waals surface area contributed by atoms with E-state index in [1.807, 2.05) is 10.7 Å². The van der Waals surface area contributed by atoms with Crippen LogP contribution in [0, 0.1) is 0 Å². The van der Waals surface area contributed by atoms with E-state index in [1.54, 1.807) is 18.3 Å². The molecule has 0 aliphatic rings. The van der Waals surface area contributed by atoms with Crippen molar-refractivity contribution in [2.75, 3.05) is 0 Å². The second-order valence-electron chi connectivity index (χ2n) is 4.37. The van der Waals surface area contributed by atoms with E-state index in [1.165, 1.54) is 0 Å². The Labute approximate surface area is 136 Å². The molecular weight excluding hydrogens is 363 g/mol. The Hall–Kier alpha value is -0.590. The first-order chi connectivity index (χ1) is 9.58. The lowest BCUT2D eigenvalue weighted by Gasteiger charge is -2.20. The maximum absolute atomic E-state index is 6.28. The SMILES string of the molecule is CCCn1ncc(Br)c1C(NN)c1ccc(Cl)cc1Cl. The van der Waals surface area contributed by atoms with E-state index >= 15 is 0 Å². The Morgan fingerprint density at radius 2 is 2.20 bits per heavy atom. The predicted molar refractivity (Wildman–Crippen MR) is 85.8 cm³/mol. The first-order valence-corrected chi connectivity index (χ1v) is 7.75. The van der Waals surface area contributed by atoms with Crippen molar-refractivity contribution < 1.29 is 0 Å². The number of aromatic nitrogens is 2. The van der Waals surface area contributed by atoms with Gasteiger partial charge in [-0.2, -0.15) is 5.10 Å². The maximum Gasteiger partial charge on any atom is 0.0904 e. The Morgan fingerprint density at radius 3 is 2.80 bits per heavy atom. The van der Waals surface area contributed by atoms with Crippen molar-refractivity contribution in [1.82, 2.24) is 15.2 Å². The fraction of sp³-hybridized carbons (Fsp3) is 0.308. The summed E-state index contributed by atoms with van der Waals surface area (Å²) in [6.07, 6.45) is 2.74. The molecule has 0 saturated carbocycles. The van der Waals surface area contributed by atoms with Gasteiger partial charge in [0.05, 0.1) is 22.4 Å². The van der Waals surface area contributed by atoms with Crippen LogP contribution in [0.15, 0.2) is 28.9 Å². The van der Waals surface area contributed by atoms with Crippen LogP contribution in [0.4, 0.5) is 0 Å². The summed E-state index contributed by atoms with van der Waals surface area (Å²) in [5.41, 5.74) is 4.60. The minimum atomic E-state index is -0.261. The number of hydrogen-bond acceptors (Lipinski definition) is 3. The van der Waals surface area contributed by atoms with E-state index in [4.69, 9.17) is 29.0 Å². The van der Waals surface area contributed by atoms with Gasteiger partial charge in [0, 0.05) is 16.6 Å². The average molecular weight is 378 g/mol. The highest BCUT2D eigenvalue weighted by molar-refractivity contribution is 9.10. The average Bonchev–Trinajstić information content (AvgIpc) is 2.75. The first-order valence-electron chi connectivity index (χ1n) is 6.20. The second kappa shape index (κ2) is 6.91. The normalized spacial score (nSPS) is 12.7. The van der Waals surface area contributed by atoms with Gasteiger partial charge in [0.15, 0.2) is 0 Å². The summed E-state index contributed by atoms with van der Waals surface area (Å²) in [4.78, 5) is 0. The molecule has 3 N–H and O–H groups in total. The van der Waals surface area contributed by atoms with Crippen molar-refractivity contribution in [3.63, 3.8) is 0 Å². The van der Waals surface area contributed by atoms with Crippen molar-refractivity contribution in [3.05, 3.63) is 50.2 Å². The Morgan fingerprint density at radius 1 is 1.45 bits per heavy atom. The van der Waals surface area contributed by atoms with E-state index in [9.17, 15) is 0 Å². The van der Waals surface area contributed by atoms with Gasteiger partial charge in [0.1, 0.15) is 0 Å². The van der Waals surface area contributed by atoms with Crippen molar-refractivity contribution in [1.29, 1.82) is 0 Å². The number of hydrogen-bond donors (Lipinski definition) is 2. The van der Waals surface area contributed by atoms with Gasteiger partial charge < -0.3 is 0 Å². The van der Waals surface area contributed by atoms with Gasteiger partial charge in [-0.15, -0.1) is 0 Å². The van der Waals surface area contributed by atoms with E-state index < -0.39 is 0 Å². The summed E-state index contributed by atoms with van der Waals surface area (Å²) in [5, 5.41) is 5.51. The third-order valence-corrected chi connectivity index (χ3v) is 4.16. The molecule has 0 radical (unpaired) electrons. The topological polar surface area (TPSA) is 55.9 Å². The Kier molecular flexibility index (Phi) is 5.46. The van der Waals surface area contributed by atoms with Gasteiger partial charge in [0.2, 0.25) is 0 Å². The molecule has 1 aromatic carbocycles. The molecule has 0 aliphatic carbocycles. The summed E-state index contributed by atoms with van der Waals surface area (Å²) >= 11 is 15.7. The number of nitrogens with one attached hydrogen (secondary N) is 1. The number of halogens is 3. The summed E-state index contributed by atoms with van der Waals surface area (Å²) in [7, 11) is 0. The lowest BCUT2D eigenvalue weighted by Crippen LogP contribution is -2.31. The minimum Gasteiger partial charge on any atom is -0.271 e. The highest BCUT2D eigenvalue weighted by atomic mass is 79.9. The lowest BCUT2D eigenvalue weighted by molar-refractivity contribution is 0.519. The summed E-state index contributed by atoms with van der Waals surface area (Å²) in [5.74, 6) is 5.73. The molecule has 0 aliphatic heterocycles. The molecule has 1 unspecified atom stereocenters. The van der Waals surface area contributed by atoms with Crippen LogP contribution in [0.3, 0.4) is 0 Å². The van der Waals surface area contributed by atoms with Gasteiger partial charge in [-0.1, -0.05) is 36.2 Å². The summed E-state index contributed by atoms with van der Waals surface area (Å²) < 4.78 is 2.81. The van der Waals surface area contributed by atoms with Gasteiger partial charge >= 0.3 is 0 Å². The molecule has 1 atom stereocenters. The van der Waals surface area contributed by atoms with Crippen molar-refractivity contribution in [2.24, 2.45) is 5.84 Å². The van der Waals surface area contributed by atoms with Crippen LogP contribution < -0.4 is 11.3 Å². The standard InChI is InChI=1S/C13H15BrCl2N4/c1-2-5-20-13(10(14)7-18-20)12(19-17)9-4-3-8(15)6-11(9)16/h3-4,6-7,12,19H,2,5,17H2,1H3. The highest BCUT2D eigenvalue weighted by Crippen LogP contribution is 2.33. The Bertz CT molecular complexity index is 600. The molecule has 2 aromatic rings. The van der Waals surface area contributed by atoms with Crippen LogP contribution in [-0.2, 0) is 6.54 Å². The van der Waals surface area contributed by atoms with E-state index in [2.05, 4.69) is 33.4 Å². The molecule has 0 bridgehead atoms. The highest BCUT2D eigenvalue weighted by Gasteiger charge is 2.22. The molecule has 1 aromatic heterocycles. The number of aryl methyl sites for hydroxylation is 1. The van der Waals surface area contributed by atoms with Crippen LogP contribution in [0.1, 0.15) is 30.6 Å². The maximum atomic E-state index is 6.28. The number of rotatable bonds is 5. The van der Waals surface area contributed by atoms with E-state index in [0.29, 0.717) is 10.0 Å². The molecule has 0 amide bonds. The van der Waals surface area contributed by atoms with E-state index in [0.717, 1.165) is 28.7 Å². The monoisotopic (exact) mass is 376 g/mol. The number of nitrogens with zero attached hydrogens (tertiary/aromatic N) is 2. The molecule has 0 saturated heterocycles. The fourth-order valence-electron chi connectivity index (χ4n) is 2.10. The number of hydrazine groups is 1. The first kappa shape index (κ1) is 15.8. The van der Waals surface area contributed by atoms with Crippen LogP contribution in [0.5, 0.6) is 0 Å². The quantitative estimate of drug-likeness (QED) is 0.613. The third-order valence-electron chi connectivity index (χ3n) is 2.98. The van der Waals surface area contributed by atoms with Crippen LogP contribution in [0.25, 0.3) is 0 Å². The zero-order chi connectivity index (χ0) is 14.7. The van der Waals surface area contributed by atoms with Gasteiger partial charge in [-0.3, -0.25) is 10.5 Å². The number of nitrogens with two attached hydrogens (primary N) is 1. The number of benzene rings is 1.